The van der Waals surface area contributed by atoms with E-state index in [0.717, 1.165) is 6.54 Å². The number of fused-ring (bicyclic) bond motifs is 1. The van der Waals surface area contributed by atoms with Gasteiger partial charge in [-0.2, -0.15) is 10.2 Å². The van der Waals surface area contributed by atoms with E-state index in [1.807, 2.05) is 13.1 Å². The first-order valence-electron chi connectivity index (χ1n) is 8.11. The van der Waals surface area contributed by atoms with Crippen LogP contribution < -0.4 is 10.1 Å². The van der Waals surface area contributed by atoms with Crippen LogP contribution in [0.25, 0.3) is 5.65 Å². The van der Waals surface area contributed by atoms with E-state index in [4.69, 9.17) is 9.47 Å². The van der Waals surface area contributed by atoms with Crippen molar-refractivity contribution in [2.24, 2.45) is 0 Å². The van der Waals surface area contributed by atoms with E-state index in [1.165, 1.54) is 10.7 Å². The van der Waals surface area contributed by atoms with Crippen molar-refractivity contribution < 1.29 is 14.3 Å². The van der Waals surface area contributed by atoms with Crippen LogP contribution in [0.2, 0.25) is 0 Å². The summed E-state index contributed by atoms with van der Waals surface area (Å²) in [6, 6.07) is 3.31. The fourth-order valence-electron chi connectivity index (χ4n) is 2.77. The summed E-state index contributed by atoms with van der Waals surface area (Å²) < 4.78 is 14.7. The van der Waals surface area contributed by atoms with Gasteiger partial charge in [-0.25, -0.2) is 9.50 Å². The van der Waals surface area contributed by atoms with Gasteiger partial charge in [0.2, 0.25) is 0 Å². The number of amides is 1. The minimum Gasteiger partial charge on any atom is -0.482 e. The zero-order chi connectivity index (χ0) is 17.2. The highest BCUT2D eigenvalue weighted by atomic mass is 16.5. The highest BCUT2D eigenvalue weighted by Crippen LogP contribution is 2.17. The molecule has 9 heteroatoms. The van der Waals surface area contributed by atoms with Crippen molar-refractivity contribution in [1.82, 2.24) is 29.7 Å². The van der Waals surface area contributed by atoms with Crippen molar-refractivity contribution in [2.45, 2.75) is 25.6 Å². The fourth-order valence-corrected chi connectivity index (χ4v) is 2.77. The Kier molecular flexibility index (Phi) is 4.06. The summed E-state index contributed by atoms with van der Waals surface area (Å²) >= 11 is 0. The molecule has 3 aromatic heterocycles. The van der Waals surface area contributed by atoms with E-state index in [1.54, 1.807) is 29.2 Å². The number of nitrogens with one attached hydrogen (secondary N) is 1. The van der Waals surface area contributed by atoms with Crippen LogP contribution in [0.15, 0.2) is 36.9 Å². The molecule has 4 heterocycles. The second-order valence-corrected chi connectivity index (χ2v) is 5.74. The average Bonchev–Trinajstić information content (AvgIpc) is 3.35. The Morgan fingerprint density at radius 1 is 1.40 bits per heavy atom. The number of hydrogen-bond acceptors (Lipinski definition) is 6. The summed E-state index contributed by atoms with van der Waals surface area (Å²) in [5, 5.41) is 11.3. The molecule has 0 aliphatic carbocycles. The van der Waals surface area contributed by atoms with Crippen molar-refractivity contribution in [2.75, 3.05) is 13.2 Å². The molecule has 0 unspecified atom stereocenters. The van der Waals surface area contributed by atoms with Gasteiger partial charge in [-0.1, -0.05) is 0 Å². The molecule has 3 aromatic rings. The second kappa shape index (κ2) is 6.52. The Morgan fingerprint density at radius 2 is 2.32 bits per heavy atom. The van der Waals surface area contributed by atoms with Crippen molar-refractivity contribution >= 4 is 11.6 Å². The van der Waals surface area contributed by atoms with Crippen molar-refractivity contribution in [1.29, 1.82) is 0 Å². The normalized spacial score (nSPS) is 20.0. The number of nitrogens with zero attached hydrogens (tertiary/aromatic N) is 5. The monoisotopic (exact) mass is 342 g/mol. The van der Waals surface area contributed by atoms with Gasteiger partial charge >= 0.3 is 0 Å². The maximum absolute atomic E-state index is 12.6. The highest BCUT2D eigenvalue weighted by Gasteiger charge is 2.32. The summed E-state index contributed by atoms with van der Waals surface area (Å²) in [5.74, 6) is 0.396. The molecule has 0 bridgehead atoms. The number of hydrogen-bond donors (Lipinski definition) is 1. The molecule has 9 nitrogen and oxygen atoms in total. The Labute approximate surface area is 143 Å². The number of aryl methyl sites for hydroxylation is 1. The number of rotatable bonds is 5. The summed E-state index contributed by atoms with van der Waals surface area (Å²) in [5.41, 5.74) is 0.996. The number of imidazole rings is 1. The summed E-state index contributed by atoms with van der Waals surface area (Å²) in [7, 11) is 0. The predicted molar refractivity (Wildman–Crippen MR) is 87.4 cm³/mol. The van der Waals surface area contributed by atoms with Gasteiger partial charge < -0.3 is 14.8 Å². The Hall–Kier alpha value is -2.94. The van der Waals surface area contributed by atoms with Crippen molar-refractivity contribution in [3.05, 3.63) is 42.6 Å². The number of aromatic nitrogens is 5. The molecule has 130 valence electrons. The first kappa shape index (κ1) is 15.6. The van der Waals surface area contributed by atoms with Crippen molar-refractivity contribution in [3.8, 4) is 5.75 Å². The molecule has 0 saturated carbocycles. The quantitative estimate of drug-likeness (QED) is 0.726. The van der Waals surface area contributed by atoms with Crippen LogP contribution in [0.1, 0.15) is 17.4 Å². The van der Waals surface area contributed by atoms with Gasteiger partial charge in [0.15, 0.2) is 11.4 Å². The molecule has 1 saturated heterocycles. The molecule has 1 fully saturated rings. The molecule has 25 heavy (non-hydrogen) atoms. The minimum atomic E-state index is -0.273. The second-order valence-electron chi connectivity index (χ2n) is 5.74. The highest BCUT2D eigenvalue weighted by molar-refractivity contribution is 5.93. The van der Waals surface area contributed by atoms with Crippen LogP contribution in [-0.2, 0) is 11.3 Å². The van der Waals surface area contributed by atoms with Gasteiger partial charge in [0.05, 0.1) is 37.8 Å². The molecule has 0 spiro atoms. The van der Waals surface area contributed by atoms with Gasteiger partial charge in [0, 0.05) is 12.7 Å². The van der Waals surface area contributed by atoms with Crippen LogP contribution in [-0.4, -0.2) is 55.6 Å². The third-order valence-corrected chi connectivity index (χ3v) is 4.08. The third-order valence-electron chi connectivity index (χ3n) is 4.08. The molecule has 1 aliphatic rings. The van der Waals surface area contributed by atoms with Crippen molar-refractivity contribution in [3.63, 3.8) is 0 Å². The number of ether oxygens (including phenoxy) is 2. The maximum Gasteiger partial charge on any atom is 0.272 e. The Morgan fingerprint density at radius 3 is 3.16 bits per heavy atom. The first-order chi connectivity index (χ1) is 12.2. The summed E-state index contributed by atoms with van der Waals surface area (Å²) in [4.78, 5) is 16.8. The Bertz CT molecular complexity index is 889. The van der Waals surface area contributed by atoms with E-state index in [9.17, 15) is 4.79 Å². The minimum absolute atomic E-state index is 0.258. The lowest BCUT2D eigenvalue weighted by atomic mass is 10.2. The predicted octanol–water partition coefficient (Wildman–Crippen LogP) is 0.522. The van der Waals surface area contributed by atoms with E-state index >= 15 is 0 Å². The zero-order valence-corrected chi connectivity index (χ0v) is 13.7. The third kappa shape index (κ3) is 3.05. The molecule has 0 aromatic carbocycles. The standard InChI is InChI=1S/C16H18N6O3/c1-2-21-8-11(6-19-21)25-14-10-24-9-12(14)20-16(23)13-7-17-15-4-3-5-18-22(13)15/h3-8,12,14H,2,9-10H2,1H3,(H,20,23)/t12-,14+/m0/s1. The molecule has 1 N–H and O–H groups in total. The molecule has 2 atom stereocenters. The van der Waals surface area contributed by atoms with Gasteiger partial charge in [-0.05, 0) is 19.1 Å². The van der Waals surface area contributed by atoms with Crippen LogP contribution in [0.5, 0.6) is 5.75 Å². The van der Waals surface area contributed by atoms with Crippen LogP contribution in [0.3, 0.4) is 0 Å². The molecule has 0 radical (unpaired) electrons. The van der Waals surface area contributed by atoms with E-state index < -0.39 is 0 Å². The van der Waals surface area contributed by atoms with Gasteiger partial charge in [0.25, 0.3) is 5.91 Å². The van der Waals surface area contributed by atoms with Crippen LogP contribution >= 0.6 is 0 Å². The topological polar surface area (TPSA) is 95.6 Å². The van der Waals surface area contributed by atoms with E-state index in [0.29, 0.717) is 30.3 Å². The molecule has 4 rings (SSSR count). The van der Waals surface area contributed by atoms with Gasteiger partial charge in [-0.3, -0.25) is 9.48 Å². The largest absolute Gasteiger partial charge is 0.482 e. The zero-order valence-electron chi connectivity index (χ0n) is 13.7. The number of carbonyl (C=O) groups excluding carboxylic acids is 1. The lowest BCUT2D eigenvalue weighted by molar-refractivity contribution is 0.0897. The molecule has 1 amide bonds. The molecule has 1 aliphatic heterocycles. The smallest absolute Gasteiger partial charge is 0.272 e. The Balaban J connectivity index is 1.46. The fraction of sp³-hybridized carbons (Fsp3) is 0.375. The van der Waals surface area contributed by atoms with E-state index in [-0.39, 0.29) is 18.1 Å². The van der Waals surface area contributed by atoms with Crippen LogP contribution in [0, 0.1) is 0 Å². The summed E-state index contributed by atoms with van der Waals surface area (Å²) in [6.07, 6.45) is 6.34. The van der Waals surface area contributed by atoms with Gasteiger partial charge in [-0.15, -0.1) is 0 Å². The molecular formula is C16H18N6O3. The first-order valence-corrected chi connectivity index (χ1v) is 8.11. The molecular weight excluding hydrogens is 324 g/mol. The maximum atomic E-state index is 12.6. The SMILES string of the molecule is CCn1cc(O[C@@H]2COC[C@@H]2NC(=O)c2cnc3cccnn23)cn1. The van der Waals surface area contributed by atoms with Crippen LogP contribution in [0.4, 0.5) is 0 Å². The lowest BCUT2D eigenvalue weighted by Gasteiger charge is -2.19. The average molecular weight is 342 g/mol. The lowest BCUT2D eigenvalue weighted by Crippen LogP contribution is -2.45. The van der Waals surface area contributed by atoms with E-state index in [2.05, 4.69) is 20.5 Å². The van der Waals surface area contributed by atoms with Gasteiger partial charge in [0.1, 0.15) is 11.8 Å². The summed E-state index contributed by atoms with van der Waals surface area (Å²) in [6.45, 7) is 3.57. The number of carbonyl (C=O) groups is 1.